The molecule has 0 radical (unpaired) electrons. The number of nitrogens with zero attached hydrogens (tertiary/aromatic N) is 1. The van der Waals surface area contributed by atoms with Crippen LogP contribution in [0.4, 0.5) is 0 Å². The van der Waals surface area contributed by atoms with Gasteiger partial charge < -0.3 is 0 Å². The number of hydrogen-bond donors (Lipinski definition) is 0. The fourth-order valence-corrected chi connectivity index (χ4v) is 6.41. The molecule has 2 rings (SSSR count). The van der Waals surface area contributed by atoms with E-state index in [2.05, 4.69) is 0 Å². The minimum atomic E-state index is -3.47. The highest BCUT2D eigenvalue weighted by Gasteiger charge is 2.39. The fraction of sp³-hybridized carbons (Fsp3) is 0.909. The first kappa shape index (κ1) is 14.9. The number of piperidine rings is 1. The van der Waals surface area contributed by atoms with Gasteiger partial charge in [0.1, 0.15) is 15.6 Å². The van der Waals surface area contributed by atoms with Gasteiger partial charge in [0.25, 0.3) is 0 Å². The Kier molecular flexibility index (Phi) is 4.04. The normalized spacial score (nSPS) is 30.4. The average Bonchev–Trinajstić information content (AvgIpc) is 2.32. The van der Waals surface area contributed by atoms with Crippen molar-refractivity contribution in [3.63, 3.8) is 0 Å². The zero-order valence-corrected chi connectivity index (χ0v) is 12.5. The van der Waals surface area contributed by atoms with Gasteiger partial charge in [-0.2, -0.15) is 0 Å². The Morgan fingerprint density at radius 2 is 1.79 bits per heavy atom. The van der Waals surface area contributed by atoms with Gasteiger partial charge in [0.15, 0.2) is 0 Å². The lowest BCUT2D eigenvalue weighted by Gasteiger charge is -2.33. The summed E-state index contributed by atoms with van der Waals surface area (Å²) in [6.07, 6.45) is 0.596. The molecule has 2 aliphatic heterocycles. The van der Waals surface area contributed by atoms with E-state index in [0.29, 0.717) is 0 Å². The quantitative estimate of drug-likeness (QED) is 0.705. The van der Waals surface area contributed by atoms with Crippen LogP contribution in [-0.2, 0) is 24.7 Å². The summed E-state index contributed by atoms with van der Waals surface area (Å²) in [5.74, 6) is -0.285. The highest BCUT2D eigenvalue weighted by molar-refractivity contribution is 7.92. The van der Waals surface area contributed by atoms with Crippen LogP contribution in [0.25, 0.3) is 0 Å². The topological polar surface area (TPSA) is 88.6 Å². The van der Waals surface area contributed by atoms with Crippen LogP contribution < -0.4 is 0 Å². The minimum absolute atomic E-state index is 0.0563. The number of rotatable bonds is 2. The number of carbonyl (C=O) groups excluding carboxylic acids is 1. The molecular formula is C11H19NO5S2. The van der Waals surface area contributed by atoms with E-state index >= 15 is 0 Å². The fourth-order valence-electron chi connectivity index (χ4n) is 2.59. The number of ketones is 1. The third-order valence-electron chi connectivity index (χ3n) is 3.92. The number of Topliss-reactive ketones (excluding diaryl/α,β-unsaturated/α-hetero) is 1. The average molecular weight is 309 g/mol. The summed E-state index contributed by atoms with van der Waals surface area (Å²) >= 11 is 0. The number of sulfone groups is 1. The van der Waals surface area contributed by atoms with Crippen molar-refractivity contribution in [3.8, 4) is 0 Å². The Morgan fingerprint density at radius 1 is 1.21 bits per heavy atom. The molecule has 0 aromatic carbocycles. The summed E-state index contributed by atoms with van der Waals surface area (Å²) in [6.45, 7) is 2.19. The molecule has 0 aromatic heterocycles. The third-order valence-corrected chi connectivity index (χ3v) is 8.00. The van der Waals surface area contributed by atoms with E-state index in [9.17, 15) is 21.6 Å². The molecule has 110 valence electrons. The third kappa shape index (κ3) is 3.17. The molecule has 19 heavy (non-hydrogen) atoms. The number of carbonyl (C=O) groups is 1. The van der Waals surface area contributed by atoms with Crippen LogP contribution in [0.1, 0.15) is 26.2 Å². The van der Waals surface area contributed by atoms with Crippen molar-refractivity contribution in [1.29, 1.82) is 0 Å². The van der Waals surface area contributed by atoms with E-state index < -0.39 is 25.1 Å². The van der Waals surface area contributed by atoms with E-state index in [1.165, 1.54) is 4.31 Å². The van der Waals surface area contributed by atoms with Crippen molar-refractivity contribution in [3.05, 3.63) is 0 Å². The SMILES string of the molecule is CC1CN(S(=O)(=O)C2CCS(=O)(=O)CC2)CCC1=O. The molecule has 0 spiro atoms. The maximum absolute atomic E-state index is 12.4. The van der Waals surface area contributed by atoms with Gasteiger partial charge in [-0.1, -0.05) is 6.92 Å². The lowest BCUT2D eigenvalue weighted by atomic mass is 10.0. The zero-order valence-electron chi connectivity index (χ0n) is 10.9. The Labute approximate surface area is 114 Å². The van der Waals surface area contributed by atoms with E-state index in [-0.39, 0.29) is 55.6 Å². The molecule has 6 nitrogen and oxygen atoms in total. The van der Waals surface area contributed by atoms with Crippen molar-refractivity contribution in [2.45, 2.75) is 31.4 Å². The van der Waals surface area contributed by atoms with Crippen molar-refractivity contribution in [2.75, 3.05) is 24.6 Å². The first-order chi connectivity index (χ1) is 8.72. The molecule has 2 aliphatic rings. The van der Waals surface area contributed by atoms with Gasteiger partial charge in [-0.25, -0.2) is 21.1 Å². The summed E-state index contributed by atoms with van der Waals surface area (Å²) in [4.78, 5) is 11.4. The van der Waals surface area contributed by atoms with Crippen LogP contribution in [0.5, 0.6) is 0 Å². The molecular weight excluding hydrogens is 290 g/mol. The van der Waals surface area contributed by atoms with Crippen LogP contribution in [0.3, 0.4) is 0 Å². The zero-order chi connectivity index (χ0) is 14.3. The van der Waals surface area contributed by atoms with Crippen molar-refractivity contribution < 1.29 is 21.6 Å². The smallest absolute Gasteiger partial charge is 0.217 e. The Balaban J connectivity index is 2.09. The van der Waals surface area contributed by atoms with Crippen LogP contribution in [-0.4, -0.2) is 56.8 Å². The molecule has 0 amide bonds. The van der Waals surface area contributed by atoms with Crippen molar-refractivity contribution in [1.82, 2.24) is 4.31 Å². The molecule has 2 saturated heterocycles. The van der Waals surface area contributed by atoms with Gasteiger partial charge in [-0.3, -0.25) is 4.79 Å². The molecule has 0 aromatic rings. The van der Waals surface area contributed by atoms with Crippen molar-refractivity contribution in [2.24, 2.45) is 5.92 Å². The number of hydrogen-bond acceptors (Lipinski definition) is 5. The van der Waals surface area contributed by atoms with Crippen LogP contribution in [0.15, 0.2) is 0 Å². The Hall–Kier alpha value is -0.470. The second-order valence-corrected chi connectivity index (χ2v) is 9.89. The van der Waals surface area contributed by atoms with Gasteiger partial charge in [0.2, 0.25) is 10.0 Å². The summed E-state index contributed by atoms with van der Waals surface area (Å²) in [5, 5.41) is -0.614. The summed E-state index contributed by atoms with van der Waals surface area (Å²) in [5.41, 5.74) is 0. The first-order valence-electron chi connectivity index (χ1n) is 6.44. The summed E-state index contributed by atoms with van der Waals surface area (Å²) < 4.78 is 48.9. The second-order valence-electron chi connectivity index (χ2n) is 5.37. The predicted octanol–water partition coefficient (Wildman–Crippen LogP) is -0.196. The van der Waals surface area contributed by atoms with Gasteiger partial charge >= 0.3 is 0 Å². The maximum atomic E-state index is 12.4. The minimum Gasteiger partial charge on any atom is -0.299 e. The van der Waals surface area contributed by atoms with Gasteiger partial charge in [-0.05, 0) is 12.8 Å². The van der Waals surface area contributed by atoms with E-state index in [1.807, 2.05) is 0 Å². The highest BCUT2D eigenvalue weighted by Crippen LogP contribution is 2.25. The molecule has 0 saturated carbocycles. The van der Waals surface area contributed by atoms with E-state index in [4.69, 9.17) is 0 Å². The van der Waals surface area contributed by atoms with E-state index in [1.54, 1.807) is 6.92 Å². The Morgan fingerprint density at radius 3 is 2.32 bits per heavy atom. The molecule has 1 unspecified atom stereocenters. The Bertz CT molecular complexity index is 552. The molecule has 1 atom stereocenters. The van der Waals surface area contributed by atoms with Crippen LogP contribution in [0.2, 0.25) is 0 Å². The molecule has 2 fully saturated rings. The predicted molar refractivity (Wildman–Crippen MR) is 71.0 cm³/mol. The molecule has 8 heteroatoms. The standard InChI is InChI=1S/C11H19NO5S2/c1-9-8-12(5-2-11(9)13)19(16,17)10-3-6-18(14,15)7-4-10/h9-10H,2-8H2,1H3. The summed E-state index contributed by atoms with van der Waals surface area (Å²) in [6, 6.07) is 0. The van der Waals surface area contributed by atoms with Gasteiger partial charge in [0.05, 0.1) is 16.8 Å². The van der Waals surface area contributed by atoms with Crippen molar-refractivity contribution >= 4 is 25.6 Å². The van der Waals surface area contributed by atoms with Gasteiger partial charge in [0, 0.05) is 25.4 Å². The van der Waals surface area contributed by atoms with Crippen LogP contribution >= 0.6 is 0 Å². The molecule has 0 aliphatic carbocycles. The van der Waals surface area contributed by atoms with Gasteiger partial charge in [-0.15, -0.1) is 0 Å². The lowest BCUT2D eigenvalue weighted by molar-refractivity contribution is -0.124. The lowest BCUT2D eigenvalue weighted by Crippen LogP contribution is -2.48. The van der Waals surface area contributed by atoms with Crippen LogP contribution in [0, 0.1) is 5.92 Å². The highest BCUT2D eigenvalue weighted by atomic mass is 32.2. The largest absolute Gasteiger partial charge is 0.299 e. The number of sulfonamides is 1. The molecule has 0 bridgehead atoms. The monoisotopic (exact) mass is 309 g/mol. The van der Waals surface area contributed by atoms with E-state index in [0.717, 1.165) is 0 Å². The summed E-state index contributed by atoms with van der Waals surface area (Å²) in [7, 11) is -6.54. The molecule has 2 heterocycles. The molecule has 0 N–H and O–H groups in total. The second kappa shape index (κ2) is 5.14. The maximum Gasteiger partial charge on any atom is 0.217 e. The first-order valence-corrected chi connectivity index (χ1v) is 9.77.